The van der Waals surface area contributed by atoms with Crippen LogP contribution in [0.5, 0.6) is 0 Å². The number of fused-ring (bicyclic) bond motifs is 2. The predicted octanol–water partition coefficient (Wildman–Crippen LogP) is 3.55. The highest BCUT2D eigenvalue weighted by Crippen LogP contribution is 2.33. The van der Waals surface area contributed by atoms with Crippen molar-refractivity contribution in [1.29, 1.82) is 0 Å². The number of hydrogen-bond donors (Lipinski definition) is 1. The van der Waals surface area contributed by atoms with Crippen LogP contribution in [0, 0.1) is 0 Å². The van der Waals surface area contributed by atoms with Crippen LogP contribution in [0.25, 0.3) is 0 Å². The molecule has 0 radical (unpaired) electrons. The van der Waals surface area contributed by atoms with Gasteiger partial charge in [-0.2, -0.15) is 0 Å². The molecule has 2 aliphatic rings. The van der Waals surface area contributed by atoms with Crippen LogP contribution in [0.3, 0.4) is 0 Å². The lowest BCUT2D eigenvalue weighted by atomic mass is 9.86. The standard InChI is InChI=1S/C16H23N/c1-17-16-9-5-4-8-14-10-12-6-2-3-7-13(12)11-15(14)16/h10-11,16-17H,2-9H2,1H3. The van der Waals surface area contributed by atoms with E-state index in [1.807, 2.05) is 0 Å². The minimum absolute atomic E-state index is 0.597. The largest absolute Gasteiger partial charge is 0.313 e. The molecule has 0 saturated heterocycles. The van der Waals surface area contributed by atoms with Gasteiger partial charge in [0.05, 0.1) is 0 Å². The van der Waals surface area contributed by atoms with Gasteiger partial charge in [-0.05, 0) is 74.2 Å². The van der Waals surface area contributed by atoms with Crippen LogP contribution < -0.4 is 5.32 Å². The summed E-state index contributed by atoms with van der Waals surface area (Å²) < 4.78 is 0. The van der Waals surface area contributed by atoms with Crippen molar-refractivity contribution in [3.8, 4) is 0 Å². The molecule has 1 heteroatoms. The summed E-state index contributed by atoms with van der Waals surface area (Å²) in [7, 11) is 2.11. The first-order chi connectivity index (χ1) is 8.38. The fraction of sp³-hybridized carbons (Fsp3) is 0.625. The third-order valence-electron chi connectivity index (χ3n) is 4.52. The van der Waals surface area contributed by atoms with E-state index in [4.69, 9.17) is 0 Å². The molecule has 2 aliphatic carbocycles. The molecule has 3 rings (SSSR count). The number of nitrogens with one attached hydrogen (secondary N) is 1. The molecule has 0 aromatic heterocycles. The summed E-state index contributed by atoms with van der Waals surface area (Å²) in [6.07, 6.45) is 10.7. The highest BCUT2D eigenvalue weighted by Gasteiger charge is 2.20. The molecule has 0 amide bonds. The van der Waals surface area contributed by atoms with E-state index >= 15 is 0 Å². The van der Waals surface area contributed by atoms with Gasteiger partial charge in [0.25, 0.3) is 0 Å². The van der Waals surface area contributed by atoms with Gasteiger partial charge in [0.15, 0.2) is 0 Å². The smallest absolute Gasteiger partial charge is 0.0320 e. The second kappa shape index (κ2) is 4.81. The molecule has 0 bridgehead atoms. The Bertz CT molecular complexity index is 408. The van der Waals surface area contributed by atoms with E-state index in [2.05, 4.69) is 24.5 Å². The molecule has 1 nitrogen and oxygen atoms in total. The highest BCUT2D eigenvalue weighted by atomic mass is 14.9. The van der Waals surface area contributed by atoms with Crippen molar-refractivity contribution in [1.82, 2.24) is 5.32 Å². The van der Waals surface area contributed by atoms with E-state index in [0.29, 0.717) is 6.04 Å². The normalized spacial score (nSPS) is 23.7. The Morgan fingerprint density at radius 2 is 1.53 bits per heavy atom. The summed E-state index contributed by atoms with van der Waals surface area (Å²) in [6.45, 7) is 0. The van der Waals surface area contributed by atoms with Crippen molar-refractivity contribution < 1.29 is 0 Å². The lowest BCUT2D eigenvalue weighted by Crippen LogP contribution is -2.17. The van der Waals surface area contributed by atoms with Crippen LogP contribution in [0.15, 0.2) is 12.1 Å². The van der Waals surface area contributed by atoms with Crippen LogP contribution in [-0.4, -0.2) is 7.05 Å². The number of rotatable bonds is 1. The monoisotopic (exact) mass is 229 g/mol. The molecular formula is C16H23N. The molecule has 1 atom stereocenters. The number of aryl methyl sites for hydroxylation is 3. The maximum Gasteiger partial charge on any atom is 0.0320 e. The molecular weight excluding hydrogens is 206 g/mol. The first-order valence-corrected chi connectivity index (χ1v) is 7.20. The highest BCUT2D eigenvalue weighted by molar-refractivity contribution is 5.42. The minimum Gasteiger partial charge on any atom is -0.313 e. The average Bonchev–Trinajstić information content (AvgIpc) is 2.57. The van der Waals surface area contributed by atoms with Crippen LogP contribution in [0.1, 0.15) is 60.4 Å². The molecule has 92 valence electrons. The second-order valence-corrected chi connectivity index (χ2v) is 5.61. The van der Waals surface area contributed by atoms with Crippen LogP contribution in [0.2, 0.25) is 0 Å². The third-order valence-corrected chi connectivity index (χ3v) is 4.52. The minimum atomic E-state index is 0.597. The Kier molecular flexibility index (Phi) is 3.19. The first-order valence-electron chi connectivity index (χ1n) is 7.20. The van der Waals surface area contributed by atoms with Crippen molar-refractivity contribution in [3.05, 3.63) is 34.4 Å². The molecule has 0 spiro atoms. The summed E-state index contributed by atoms with van der Waals surface area (Å²) in [5.41, 5.74) is 6.51. The SMILES string of the molecule is CNC1CCCCc2cc3c(cc21)CCCC3. The van der Waals surface area contributed by atoms with Gasteiger partial charge in [0, 0.05) is 6.04 Å². The fourth-order valence-electron chi connectivity index (χ4n) is 3.52. The van der Waals surface area contributed by atoms with Gasteiger partial charge in [-0.3, -0.25) is 0 Å². The molecule has 0 heterocycles. The molecule has 0 aliphatic heterocycles. The van der Waals surface area contributed by atoms with Crippen molar-refractivity contribution in [2.75, 3.05) is 7.05 Å². The fourth-order valence-corrected chi connectivity index (χ4v) is 3.52. The Morgan fingerprint density at radius 1 is 0.882 bits per heavy atom. The van der Waals surface area contributed by atoms with E-state index < -0.39 is 0 Å². The Morgan fingerprint density at radius 3 is 2.29 bits per heavy atom. The molecule has 1 aromatic carbocycles. The van der Waals surface area contributed by atoms with Gasteiger partial charge < -0.3 is 5.32 Å². The van der Waals surface area contributed by atoms with Gasteiger partial charge >= 0.3 is 0 Å². The zero-order valence-electron chi connectivity index (χ0n) is 10.9. The van der Waals surface area contributed by atoms with Gasteiger partial charge in [-0.25, -0.2) is 0 Å². The van der Waals surface area contributed by atoms with E-state index in [1.54, 1.807) is 22.3 Å². The van der Waals surface area contributed by atoms with Crippen LogP contribution >= 0.6 is 0 Å². The third kappa shape index (κ3) is 2.13. The number of hydrogen-bond acceptors (Lipinski definition) is 1. The lowest BCUT2D eigenvalue weighted by Gasteiger charge is -2.22. The Hall–Kier alpha value is -0.820. The van der Waals surface area contributed by atoms with Crippen molar-refractivity contribution in [2.24, 2.45) is 0 Å². The molecule has 0 fully saturated rings. The predicted molar refractivity (Wildman–Crippen MR) is 72.4 cm³/mol. The lowest BCUT2D eigenvalue weighted by molar-refractivity contribution is 0.532. The molecule has 1 N–H and O–H groups in total. The molecule has 1 aromatic rings. The summed E-state index contributed by atoms with van der Waals surface area (Å²) in [5, 5.41) is 3.51. The Balaban J connectivity index is 2.04. The van der Waals surface area contributed by atoms with Gasteiger partial charge in [-0.1, -0.05) is 18.6 Å². The summed E-state index contributed by atoms with van der Waals surface area (Å²) in [6, 6.07) is 5.65. The Labute approximate surface area is 105 Å². The maximum absolute atomic E-state index is 3.51. The van der Waals surface area contributed by atoms with E-state index in [1.165, 1.54) is 51.4 Å². The summed E-state index contributed by atoms with van der Waals surface area (Å²) >= 11 is 0. The maximum atomic E-state index is 3.51. The summed E-state index contributed by atoms with van der Waals surface area (Å²) in [4.78, 5) is 0. The zero-order valence-corrected chi connectivity index (χ0v) is 10.9. The number of benzene rings is 1. The molecule has 17 heavy (non-hydrogen) atoms. The second-order valence-electron chi connectivity index (χ2n) is 5.61. The first kappa shape index (κ1) is 11.3. The van der Waals surface area contributed by atoms with Crippen LogP contribution in [0.4, 0.5) is 0 Å². The summed E-state index contributed by atoms with van der Waals surface area (Å²) in [5.74, 6) is 0. The van der Waals surface area contributed by atoms with E-state index in [9.17, 15) is 0 Å². The van der Waals surface area contributed by atoms with E-state index in [-0.39, 0.29) is 0 Å². The van der Waals surface area contributed by atoms with Crippen molar-refractivity contribution in [2.45, 2.75) is 57.4 Å². The molecule has 1 unspecified atom stereocenters. The van der Waals surface area contributed by atoms with E-state index in [0.717, 1.165) is 0 Å². The van der Waals surface area contributed by atoms with Crippen molar-refractivity contribution in [3.63, 3.8) is 0 Å². The van der Waals surface area contributed by atoms with Gasteiger partial charge in [0.2, 0.25) is 0 Å². The van der Waals surface area contributed by atoms with Crippen molar-refractivity contribution >= 4 is 0 Å². The quantitative estimate of drug-likeness (QED) is 0.726. The molecule has 0 saturated carbocycles. The van der Waals surface area contributed by atoms with Crippen LogP contribution in [-0.2, 0) is 19.3 Å². The van der Waals surface area contributed by atoms with Gasteiger partial charge in [0.1, 0.15) is 0 Å². The average molecular weight is 229 g/mol. The van der Waals surface area contributed by atoms with Gasteiger partial charge in [-0.15, -0.1) is 0 Å². The topological polar surface area (TPSA) is 12.0 Å². The zero-order chi connectivity index (χ0) is 11.7.